The molecule has 0 bridgehead atoms. The Kier molecular flexibility index (Phi) is 2.95. The van der Waals surface area contributed by atoms with Gasteiger partial charge in [0.05, 0.1) is 6.61 Å². The van der Waals surface area contributed by atoms with Crippen molar-refractivity contribution in [2.24, 2.45) is 11.8 Å². The monoisotopic (exact) mass is 289 g/mol. The molecule has 21 heavy (non-hydrogen) atoms. The zero-order valence-electron chi connectivity index (χ0n) is 12.3. The van der Waals surface area contributed by atoms with Crippen LogP contribution in [-0.2, 0) is 11.2 Å². The average Bonchev–Trinajstić information content (AvgIpc) is 3.10. The summed E-state index contributed by atoms with van der Waals surface area (Å²) >= 11 is 0. The molecule has 2 fully saturated rings. The Bertz CT molecular complexity index is 597. The SMILES string of the molecule is C[C@@H]1C(=O)N(CC2CC2)C[C@H]1c1cc2c(cc1F)OCC2. The molecule has 4 heteroatoms. The van der Waals surface area contributed by atoms with Crippen molar-refractivity contribution >= 4 is 5.91 Å². The van der Waals surface area contributed by atoms with Gasteiger partial charge in [0, 0.05) is 37.4 Å². The maximum atomic E-state index is 14.4. The number of carbonyl (C=O) groups is 1. The van der Waals surface area contributed by atoms with E-state index in [1.165, 1.54) is 18.9 Å². The van der Waals surface area contributed by atoms with Crippen molar-refractivity contribution in [3.05, 3.63) is 29.1 Å². The third-order valence-electron chi connectivity index (χ3n) is 5.11. The molecule has 1 aromatic carbocycles. The van der Waals surface area contributed by atoms with Gasteiger partial charge >= 0.3 is 0 Å². The maximum absolute atomic E-state index is 14.4. The van der Waals surface area contributed by atoms with Crippen molar-refractivity contribution < 1.29 is 13.9 Å². The largest absolute Gasteiger partial charge is 0.493 e. The van der Waals surface area contributed by atoms with Crippen molar-refractivity contribution in [1.29, 1.82) is 0 Å². The minimum atomic E-state index is -0.228. The molecule has 1 amide bonds. The topological polar surface area (TPSA) is 29.5 Å². The fraction of sp³-hybridized carbons (Fsp3) is 0.588. The molecule has 0 unspecified atom stereocenters. The summed E-state index contributed by atoms with van der Waals surface area (Å²) in [5, 5.41) is 0. The van der Waals surface area contributed by atoms with Gasteiger partial charge in [-0.25, -0.2) is 4.39 Å². The summed E-state index contributed by atoms with van der Waals surface area (Å²) in [6.07, 6.45) is 3.30. The number of benzene rings is 1. The van der Waals surface area contributed by atoms with Gasteiger partial charge in [0.2, 0.25) is 5.91 Å². The van der Waals surface area contributed by atoms with E-state index in [1.807, 2.05) is 17.9 Å². The van der Waals surface area contributed by atoms with Gasteiger partial charge in [-0.1, -0.05) is 6.92 Å². The maximum Gasteiger partial charge on any atom is 0.226 e. The number of fused-ring (bicyclic) bond motifs is 1. The third kappa shape index (κ3) is 2.21. The highest BCUT2D eigenvalue weighted by molar-refractivity contribution is 5.82. The Morgan fingerprint density at radius 3 is 2.95 bits per heavy atom. The molecule has 0 radical (unpaired) electrons. The Balaban J connectivity index is 1.62. The van der Waals surface area contributed by atoms with Crippen LogP contribution >= 0.6 is 0 Å². The predicted molar refractivity (Wildman–Crippen MR) is 76.8 cm³/mol. The Morgan fingerprint density at radius 2 is 2.19 bits per heavy atom. The molecule has 3 aliphatic rings. The first kappa shape index (κ1) is 13.1. The third-order valence-corrected chi connectivity index (χ3v) is 5.11. The van der Waals surface area contributed by atoms with Crippen LogP contribution in [0.15, 0.2) is 12.1 Å². The van der Waals surface area contributed by atoms with Crippen molar-refractivity contribution in [3.8, 4) is 5.75 Å². The van der Waals surface area contributed by atoms with Crippen molar-refractivity contribution in [2.75, 3.05) is 19.7 Å². The zero-order valence-corrected chi connectivity index (χ0v) is 12.3. The van der Waals surface area contributed by atoms with Crippen LogP contribution in [0.2, 0.25) is 0 Å². The van der Waals surface area contributed by atoms with Gasteiger partial charge in [0.1, 0.15) is 11.6 Å². The van der Waals surface area contributed by atoms with E-state index in [1.54, 1.807) is 0 Å². The normalized spacial score (nSPS) is 27.9. The van der Waals surface area contributed by atoms with E-state index < -0.39 is 0 Å². The van der Waals surface area contributed by atoms with E-state index >= 15 is 0 Å². The second-order valence-electron chi connectivity index (χ2n) is 6.66. The summed E-state index contributed by atoms with van der Waals surface area (Å²) < 4.78 is 19.8. The number of hydrogen-bond acceptors (Lipinski definition) is 2. The van der Waals surface area contributed by atoms with Crippen LogP contribution in [0.4, 0.5) is 4.39 Å². The van der Waals surface area contributed by atoms with Crippen molar-refractivity contribution in [3.63, 3.8) is 0 Å². The molecule has 1 saturated heterocycles. The molecule has 1 aromatic rings. The number of nitrogens with zero attached hydrogens (tertiary/aromatic N) is 1. The lowest BCUT2D eigenvalue weighted by molar-refractivity contribution is -0.130. The van der Waals surface area contributed by atoms with Crippen LogP contribution in [0.1, 0.15) is 36.8 Å². The molecule has 2 aliphatic heterocycles. The molecule has 112 valence electrons. The molecule has 1 saturated carbocycles. The minimum absolute atomic E-state index is 0.0258. The number of carbonyl (C=O) groups excluding carboxylic acids is 1. The highest BCUT2D eigenvalue weighted by atomic mass is 19.1. The van der Waals surface area contributed by atoms with Gasteiger partial charge in [-0.05, 0) is 36.0 Å². The fourth-order valence-electron chi connectivity index (χ4n) is 3.59. The van der Waals surface area contributed by atoms with Gasteiger partial charge in [0.15, 0.2) is 0 Å². The number of hydrogen-bond donors (Lipinski definition) is 0. The number of likely N-dealkylation sites (tertiary alicyclic amines) is 1. The summed E-state index contributed by atoms with van der Waals surface area (Å²) in [6.45, 7) is 4.08. The fourth-order valence-corrected chi connectivity index (χ4v) is 3.59. The predicted octanol–water partition coefficient (Wildman–Crippen LogP) is 2.73. The van der Waals surface area contributed by atoms with E-state index in [-0.39, 0.29) is 23.6 Å². The van der Waals surface area contributed by atoms with Crippen LogP contribution in [0.25, 0.3) is 0 Å². The van der Waals surface area contributed by atoms with Gasteiger partial charge in [0.25, 0.3) is 0 Å². The molecule has 0 N–H and O–H groups in total. The lowest BCUT2D eigenvalue weighted by Gasteiger charge is -2.17. The minimum Gasteiger partial charge on any atom is -0.493 e. The van der Waals surface area contributed by atoms with Crippen molar-refractivity contribution in [1.82, 2.24) is 4.90 Å². The second-order valence-corrected chi connectivity index (χ2v) is 6.66. The number of rotatable bonds is 3. The Morgan fingerprint density at radius 1 is 1.38 bits per heavy atom. The number of amides is 1. The molecule has 4 rings (SSSR count). The van der Waals surface area contributed by atoms with Gasteiger partial charge in [-0.3, -0.25) is 4.79 Å². The van der Waals surface area contributed by atoms with E-state index in [2.05, 4.69) is 0 Å². The van der Waals surface area contributed by atoms with Crippen LogP contribution in [-0.4, -0.2) is 30.5 Å². The Labute approximate surface area is 124 Å². The summed E-state index contributed by atoms with van der Waals surface area (Å²) in [5.74, 6) is 1.15. The molecule has 0 spiro atoms. The van der Waals surface area contributed by atoms with Crippen molar-refractivity contribution in [2.45, 2.75) is 32.1 Å². The molecule has 2 heterocycles. The van der Waals surface area contributed by atoms with Gasteiger partial charge < -0.3 is 9.64 Å². The zero-order chi connectivity index (χ0) is 14.6. The van der Waals surface area contributed by atoms with E-state index in [0.717, 1.165) is 18.5 Å². The van der Waals surface area contributed by atoms with Gasteiger partial charge in [-0.15, -0.1) is 0 Å². The highest BCUT2D eigenvalue weighted by Gasteiger charge is 2.41. The first-order valence-electron chi connectivity index (χ1n) is 7.87. The summed E-state index contributed by atoms with van der Waals surface area (Å²) in [6, 6.07) is 3.42. The second kappa shape index (κ2) is 4.72. The van der Waals surface area contributed by atoms with Crippen LogP contribution in [0, 0.1) is 17.7 Å². The first-order valence-corrected chi connectivity index (χ1v) is 7.87. The standard InChI is InChI=1S/C17H20FNO2/c1-10-14(9-19(17(10)20)8-11-2-3-11)13-6-12-4-5-21-16(12)7-15(13)18/h6-7,10-11,14H,2-5,8-9H2,1H3/t10-,14+/m0/s1. The molecule has 1 aliphatic carbocycles. The summed E-state index contributed by atoms with van der Waals surface area (Å²) in [7, 11) is 0. The number of ether oxygens (including phenoxy) is 1. The van der Waals surface area contributed by atoms with E-state index in [0.29, 0.717) is 30.4 Å². The first-order chi connectivity index (χ1) is 10.1. The molecular weight excluding hydrogens is 269 g/mol. The molecule has 3 nitrogen and oxygen atoms in total. The van der Waals surface area contributed by atoms with E-state index in [9.17, 15) is 9.18 Å². The summed E-state index contributed by atoms with van der Waals surface area (Å²) in [5.41, 5.74) is 1.77. The highest BCUT2D eigenvalue weighted by Crippen LogP contribution is 2.40. The average molecular weight is 289 g/mol. The quantitative estimate of drug-likeness (QED) is 0.856. The lowest BCUT2D eigenvalue weighted by Crippen LogP contribution is -2.28. The van der Waals surface area contributed by atoms with Crippen LogP contribution < -0.4 is 4.74 Å². The molecular formula is C17H20FNO2. The van der Waals surface area contributed by atoms with Crippen LogP contribution in [0.5, 0.6) is 5.75 Å². The van der Waals surface area contributed by atoms with E-state index in [4.69, 9.17) is 4.74 Å². The smallest absolute Gasteiger partial charge is 0.226 e. The summed E-state index contributed by atoms with van der Waals surface area (Å²) in [4.78, 5) is 14.3. The molecule has 0 aromatic heterocycles. The molecule has 2 atom stereocenters. The van der Waals surface area contributed by atoms with Crippen LogP contribution in [0.3, 0.4) is 0 Å². The Hall–Kier alpha value is -1.58. The number of halogens is 1. The lowest BCUT2D eigenvalue weighted by atomic mass is 9.88. The van der Waals surface area contributed by atoms with Gasteiger partial charge in [-0.2, -0.15) is 0 Å².